The minimum Gasteiger partial charge on any atom is -0.489 e. The van der Waals surface area contributed by atoms with E-state index in [2.05, 4.69) is 0 Å². The summed E-state index contributed by atoms with van der Waals surface area (Å²) in [5.74, 6) is -0.0107. The van der Waals surface area contributed by atoms with Crippen molar-refractivity contribution in [2.45, 2.75) is 18.7 Å². The Morgan fingerprint density at radius 3 is 2.30 bits per heavy atom. The highest BCUT2D eigenvalue weighted by Crippen LogP contribution is 2.35. The standard InChI is InChI=1S/C15H12ClF3O/c16-9-12-6-7-13(8-14(12)15(17,18)19)20-10-11-4-2-1-3-5-11/h1-8H,9-10H2. The van der Waals surface area contributed by atoms with Gasteiger partial charge in [-0.3, -0.25) is 0 Å². The van der Waals surface area contributed by atoms with Gasteiger partial charge >= 0.3 is 6.18 Å². The zero-order valence-electron chi connectivity index (χ0n) is 10.5. The number of hydrogen-bond donors (Lipinski definition) is 0. The van der Waals surface area contributed by atoms with Crippen molar-refractivity contribution >= 4 is 11.6 Å². The molecule has 0 heterocycles. The largest absolute Gasteiger partial charge is 0.489 e. The van der Waals surface area contributed by atoms with Crippen LogP contribution in [0.4, 0.5) is 13.2 Å². The quantitative estimate of drug-likeness (QED) is 0.720. The smallest absolute Gasteiger partial charge is 0.416 e. The van der Waals surface area contributed by atoms with E-state index in [9.17, 15) is 13.2 Å². The summed E-state index contributed by atoms with van der Waals surface area (Å²) in [6.07, 6.45) is -4.43. The van der Waals surface area contributed by atoms with Crippen LogP contribution in [0.5, 0.6) is 5.75 Å². The molecule has 2 rings (SSSR count). The van der Waals surface area contributed by atoms with Gasteiger partial charge in [0.15, 0.2) is 0 Å². The van der Waals surface area contributed by atoms with E-state index in [0.717, 1.165) is 11.6 Å². The number of halogens is 4. The summed E-state index contributed by atoms with van der Waals surface area (Å²) in [6.45, 7) is 0.221. The van der Waals surface area contributed by atoms with Crippen molar-refractivity contribution in [3.8, 4) is 5.75 Å². The fraction of sp³-hybridized carbons (Fsp3) is 0.200. The molecule has 1 nitrogen and oxygen atoms in total. The summed E-state index contributed by atoms with van der Waals surface area (Å²) in [4.78, 5) is 0. The second-order valence-electron chi connectivity index (χ2n) is 4.22. The average Bonchev–Trinajstić information content (AvgIpc) is 2.45. The Morgan fingerprint density at radius 2 is 1.70 bits per heavy atom. The first-order chi connectivity index (χ1) is 9.50. The third-order valence-electron chi connectivity index (χ3n) is 2.78. The van der Waals surface area contributed by atoms with E-state index in [0.29, 0.717) is 0 Å². The number of rotatable bonds is 4. The van der Waals surface area contributed by atoms with Gasteiger partial charge < -0.3 is 4.74 Å². The molecule has 0 aliphatic carbocycles. The Labute approximate surface area is 119 Å². The molecule has 0 aromatic heterocycles. The summed E-state index contributed by atoms with van der Waals surface area (Å²) in [5.41, 5.74) is 0.187. The molecule has 5 heteroatoms. The van der Waals surface area contributed by atoms with Gasteiger partial charge in [-0.05, 0) is 23.3 Å². The summed E-state index contributed by atoms with van der Waals surface area (Å²) < 4.78 is 44.0. The summed E-state index contributed by atoms with van der Waals surface area (Å²) >= 11 is 5.52. The lowest BCUT2D eigenvalue weighted by Gasteiger charge is -2.13. The maximum atomic E-state index is 12.9. The minimum atomic E-state index is -4.43. The predicted octanol–water partition coefficient (Wildman–Crippen LogP) is 5.02. The van der Waals surface area contributed by atoms with E-state index in [1.165, 1.54) is 12.1 Å². The second kappa shape index (κ2) is 6.18. The third kappa shape index (κ3) is 3.67. The molecule has 106 valence electrons. The number of alkyl halides is 4. The van der Waals surface area contributed by atoms with E-state index in [4.69, 9.17) is 16.3 Å². The number of benzene rings is 2. The zero-order valence-corrected chi connectivity index (χ0v) is 11.2. The molecule has 2 aromatic carbocycles. The molecule has 0 bridgehead atoms. The molecule has 0 aliphatic rings. The fourth-order valence-electron chi connectivity index (χ4n) is 1.77. The first-order valence-corrected chi connectivity index (χ1v) is 6.47. The maximum absolute atomic E-state index is 12.9. The third-order valence-corrected chi connectivity index (χ3v) is 3.07. The molecule has 0 fully saturated rings. The molecule has 2 aromatic rings. The molecule has 0 radical (unpaired) electrons. The molecule has 0 saturated carbocycles. The lowest BCUT2D eigenvalue weighted by molar-refractivity contribution is -0.138. The van der Waals surface area contributed by atoms with Crippen molar-refractivity contribution in [2.75, 3.05) is 0 Å². The van der Waals surface area contributed by atoms with E-state index in [-0.39, 0.29) is 23.8 Å². The summed E-state index contributed by atoms with van der Waals surface area (Å²) in [7, 11) is 0. The van der Waals surface area contributed by atoms with Crippen LogP contribution in [0, 0.1) is 0 Å². The Kier molecular flexibility index (Phi) is 4.55. The Balaban J connectivity index is 2.17. The van der Waals surface area contributed by atoms with Crippen LogP contribution in [0.1, 0.15) is 16.7 Å². The first kappa shape index (κ1) is 14.7. The topological polar surface area (TPSA) is 9.23 Å². The van der Waals surface area contributed by atoms with E-state index in [1.54, 1.807) is 0 Å². The SMILES string of the molecule is FC(F)(F)c1cc(OCc2ccccc2)ccc1CCl. The Morgan fingerprint density at radius 1 is 1.00 bits per heavy atom. The molecule has 0 unspecified atom stereocenters. The van der Waals surface area contributed by atoms with Gasteiger partial charge in [-0.2, -0.15) is 13.2 Å². The average molecular weight is 301 g/mol. The highest BCUT2D eigenvalue weighted by Gasteiger charge is 2.33. The van der Waals surface area contributed by atoms with Gasteiger partial charge in [0.2, 0.25) is 0 Å². The Hall–Kier alpha value is -1.68. The molecule has 20 heavy (non-hydrogen) atoms. The molecule has 0 saturated heterocycles. The minimum absolute atomic E-state index is 0.0474. The molecule has 0 N–H and O–H groups in total. The van der Waals surface area contributed by atoms with Gasteiger partial charge in [-0.25, -0.2) is 0 Å². The van der Waals surface area contributed by atoms with Crippen LogP contribution in [0.25, 0.3) is 0 Å². The van der Waals surface area contributed by atoms with Crippen LogP contribution in [-0.4, -0.2) is 0 Å². The van der Waals surface area contributed by atoms with Crippen LogP contribution in [0.3, 0.4) is 0 Å². The maximum Gasteiger partial charge on any atom is 0.416 e. The van der Waals surface area contributed by atoms with Crippen molar-refractivity contribution in [1.29, 1.82) is 0 Å². The Bertz CT molecular complexity index is 567. The van der Waals surface area contributed by atoms with E-state index in [1.807, 2.05) is 30.3 Å². The first-order valence-electron chi connectivity index (χ1n) is 5.93. The highest BCUT2D eigenvalue weighted by atomic mass is 35.5. The van der Waals surface area contributed by atoms with E-state index < -0.39 is 11.7 Å². The zero-order chi connectivity index (χ0) is 14.6. The van der Waals surface area contributed by atoms with Crippen LogP contribution in [-0.2, 0) is 18.7 Å². The lowest BCUT2D eigenvalue weighted by Crippen LogP contribution is -2.09. The van der Waals surface area contributed by atoms with Crippen molar-refractivity contribution in [3.05, 3.63) is 65.2 Å². The van der Waals surface area contributed by atoms with Gasteiger partial charge in [-0.1, -0.05) is 36.4 Å². The van der Waals surface area contributed by atoms with Crippen molar-refractivity contribution in [1.82, 2.24) is 0 Å². The number of hydrogen-bond acceptors (Lipinski definition) is 1. The molecule has 0 spiro atoms. The highest BCUT2D eigenvalue weighted by molar-refractivity contribution is 6.17. The molecular formula is C15H12ClF3O. The molecule has 0 atom stereocenters. The van der Waals surface area contributed by atoms with Gasteiger partial charge in [0.1, 0.15) is 12.4 Å². The number of ether oxygens (including phenoxy) is 1. The van der Waals surface area contributed by atoms with Gasteiger partial charge in [-0.15, -0.1) is 11.6 Å². The molecule has 0 aliphatic heterocycles. The van der Waals surface area contributed by atoms with Gasteiger partial charge in [0.05, 0.1) is 5.56 Å². The van der Waals surface area contributed by atoms with Gasteiger partial charge in [0, 0.05) is 5.88 Å². The monoisotopic (exact) mass is 300 g/mol. The normalized spacial score (nSPS) is 11.4. The van der Waals surface area contributed by atoms with Crippen molar-refractivity contribution in [2.24, 2.45) is 0 Å². The molecular weight excluding hydrogens is 289 g/mol. The predicted molar refractivity (Wildman–Crippen MR) is 71.8 cm³/mol. The van der Waals surface area contributed by atoms with Crippen LogP contribution < -0.4 is 4.74 Å². The molecule has 0 amide bonds. The van der Waals surface area contributed by atoms with Crippen molar-refractivity contribution < 1.29 is 17.9 Å². The van der Waals surface area contributed by atoms with E-state index >= 15 is 0 Å². The van der Waals surface area contributed by atoms with Crippen molar-refractivity contribution in [3.63, 3.8) is 0 Å². The summed E-state index contributed by atoms with van der Waals surface area (Å²) in [6, 6.07) is 13.1. The van der Waals surface area contributed by atoms with Crippen LogP contribution >= 0.6 is 11.6 Å². The fourth-order valence-corrected chi connectivity index (χ4v) is 2.00. The van der Waals surface area contributed by atoms with Crippen LogP contribution in [0.2, 0.25) is 0 Å². The van der Waals surface area contributed by atoms with Crippen LogP contribution in [0.15, 0.2) is 48.5 Å². The second-order valence-corrected chi connectivity index (χ2v) is 4.49. The summed E-state index contributed by atoms with van der Waals surface area (Å²) in [5, 5.41) is 0. The van der Waals surface area contributed by atoms with Gasteiger partial charge in [0.25, 0.3) is 0 Å². The lowest BCUT2D eigenvalue weighted by atomic mass is 10.1.